The van der Waals surface area contributed by atoms with E-state index in [-0.39, 0.29) is 0 Å². The van der Waals surface area contributed by atoms with E-state index >= 15 is 0 Å². The van der Waals surface area contributed by atoms with Crippen molar-refractivity contribution in [3.63, 3.8) is 0 Å². The Morgan fingerprint density at radius 2 is 1.17 bits per heavy atom. The molecule has 0 aliphatic rings. The van der Waals surface area contributed by atoms with E-state index in [1.54, 1.807) is 0 Å². The van der Waals surface area contributed by atoms with Gasteiger partial charge < -0.3 is 0 Å². The molecule has 2 aromatic heterocycles. The van der Waals surface area contributed by atoms with Crippen LogP contribution in [0.25, 0.3) is 11.4 Å². The second-order valence-corrected chi connectivity index (χ2v) is 1.98. The van der Waals surface area contributed by atoms with Gasteiger partial charge >= 0.3 is 0 Å². The van der Waals surface area contributed by atoms with E-state index < -0.39 is 0 Å². The third-order valence-corrected chi connectivity index (χ3v) is 1.25. The standard InChI is InChI=1S/C6H4N6/c1-5(7-3-11-9-1)6-2-10-12-4-8-6/h1-4H. The first-order valence-corrected chi connectivity index (χ1v) is 3.22. The molecule has 12 heavy (non-hydrogen) atoms. The van der Waals surface area contributed by atoms with Gasteiger partial charge in [-0.15, -0.1) is 10.2 Å². The normalized spacial score (nSPS) is 9.67. The van der Waals surface area contributed by atoms with E-state index in [0.29, 0.717) is 11.4 Å². The fourth-order valence-electron chi connectivity index (χ4n) is 0.743. The van der Waals surface area contributed by atoms with Crippen LogP contribution < -0.4 is 0 Å². The fourth-order valence-corrected chi connectivity index (χ4v) is 0.743. The average molecular weight is 160 g/mol. The lowest BCUT2D eigenvalue weighted by atomic mass is 10.3. The topological polar surface area (TPSA) is 77.3 Å². The molecule has 2 rings (SSSR count). The van der Waals surface area contributed by atoms with E-state index in [1.807, 2.05) is 0 Å². The first-order chi connectivity index (χ1) is 5.97. The molecule has 6 nitrogen and oxygen atoms in total. The Hall–Kier alpha value is -1.98. The van der Waals surface area contributed by atoms with Crippen molar-refractivity contribution in [1.29, 1.82) is 0 Å². The molecule has 0 aliphatic heterocycles. The van der Waals surface area contributed by atoms with Crippen LogP contribution in [0.15, 0.2) is 25.0 Å². The fraction of sp³-hybridized carbons (Fsp3) is 0. The summed E-state index contributed by atoms with van der Waals surface area (Å²) in [6, 6.07) is 0. The molecule has 0 unspecified atom stereocenters. The molecule has 0 atom stereocenters. The maximum atomic E-state index is 3.95. The highest BCUT2D eigenvalue weighted by Gasteiger charge is 1.98. The molecule has 0 aromatic carbocycles. The van der Waals surface area contributed by atoms with Gasteiger partial charge in [0.1, 0.15) is 24.0 Å². The lowest BCUT2D eigenvalue weighted by Gasteiger charge is -1.93. The first-order valence-electron chi connectivity index (χ1n) is 3.22. The number of rotatable bonds is 1. The Morgan fingerprint density at radius 1 is 0.667 bits per heavy atom. The third kappa shape index (κ3) is 1.22. The third-order valence-electron chi connectivity index (χ3n) is 1.25. The molecule has 0 fully saturated rings. The largest absolute Gasteiger partial charge is 0.231 e. The van der Waals surface area contributed by atoms with Crippen LogP contribution in [0, 0.1) is 0 Å². The van der Waals surface area contributed by atoms with Gasteiger partial charge in [0.15, 0.2) is 0 Å². The van der Waals surface area contributed by atoms with Crippen LogP contribution in [-0.4, -0.2) is 30.4 Å². The Morgan fingerprint density at radius 3 is 1.50 bits per heavy atom. The molecule has 2 heterocycles. The van der Waals surface area contributed by atoms with E-state index in [2.05, 4.69) is 30.4 Å². The molecule has 0 saturated carbocycles. The molecule has 0 N–H and O–H groups in total. The molecule has 2 aromatic rings. The van der Waals surface area contributed by atoms with Crippen LogP contribution in [0.5, 0.6) is 0 Å². The molecular formula is C6H4N6. The minimum absolute atomic E-state index is 0.639. The van der Waals surface area contributed by atoms with Crippen molar-refractivity contribution in [1.82, 2.24) is 30.4 Å². The summed E-state index contributed by atoms with van der Waals surface area (Å²) < 4.78 is 0. The number of nitrogens with zero attached hydrogens (tertiary/aromatic N) is 6. The maximum Gasteiger partial charge on any atom is 0.138 e. The summed E-state index contributed by atoms with van der Waals surface area (Å²) >= 11 is 0. The lowest BCUT2D eigenvalue weighted by molar-refractivity contribution is 0.943. The van der Waals surface area contributed by atoms with Crippen LogP contribution in [0.3, 0.4) is 0 Å². The van der Waals surface area contributed by atoms with Crippen LogP contribution in [0.4, 0.5) is 0 Å². The molecule has 0 aliphatic carbocycles. The van der Waals surface area contributed by atoms with Crippen molar-refractivity contribution >= 4 is 0 Å². The summed E-state index contributed by atoms with van der Waals surface area (Å²) in [4.78, 5) is 7.89. The molecule has 58 valence electrons. The summed E-state index contributed by atoms with van der Waals surface area (Å²) in [5.74, 6) is 0. The number of aromatic nitrogens is 6. The van der Waals surface area contributed by atoms with Crippen molar-refractivity contribution < 1.29 is 0 Å². The van der Waals surface area contributed by atoms with E-state index in [9.17, 15) is 0 Å². The van der Waals surface area contributed by atoms with E-state index in [4.69, 9.17) is 0 Å². The molecule has 0 radical (unpaired) electrons. The summed E-state index contributed by atoms with van der Waals surface area (Å²) in [5.41, 5.74) is 1.28. The van der Waals surface area contributed by atoms with Crippen LogP contribution in [0.2, 0.25) is 0 Å². The Bertz CT molecular complexity index is 309. The van der Waals surface area contributed by atoms with Crippen molar-refractivity contribution in [2.24, 2.45) is 0 Å². The highest BCUT2D eigenvalue weighted by Crippen LogP contribution is 2.06. The van der Waals surface area contributed by atoms with Crippen LogP contribution >= 0.6 is 0 Å². The van der Waals surface area contributed by atoms with Gasteiger partial charge in [-0.05, 0) is 0 Å². The second-order valence-electron chi connectivity index (χ2n) is 1.98. The minimum atomic E-state index is 0.639. The Balaban J connectivity index is 2.46. The van der Waals surface area contributed by atoms with Gasteiger partial charge in [-0.1, -0.05) is 0 Å². The molecule has 0 spiro atoms. The summed E-state index contributed by atoms with van der Waals surface area (Å²) in [5, 5.41) is 14.4. The highest BCUT2D eigenvalue weighted by molar-refractivity contribution is 5.49. The predicted molar refractivity (Wildman–Crippen MR) is 38.6 cm³/mol. The number of hydrogen-bond acceptors (Lipinski definition) is 6. The molecule has 0 saturated heterocycles. The summed E-state index contributed by atoms with van der Waals surface area (Å²) in [6.07, 6.45) is 5.75. The predicted octanol–water partition coefficient (Wildman–Crippen LogP) is -0.276. The highest BCUT2D eigenvalue weighted by atomic mass is 15.1. The monoisotopic (exact) mass is 160 g/mol. The number of hydrogen-bond donors (Lipinski definition) is 0. The molecule has 0 bridgehead atoms. The molecule has 6 heteroatoms. The van der Waals surface area contributed by atoms with E-state index in [1.165, 1.54) is 25.0 Å². The van der Waals surface area contributed by atoms with Crippen LogP contribution in [-0.2, 0) is 0 Å². The second kappa shape index (κ2) is 2.95. The van der Waals surface area contributed by atoms with E-state index in [0.717, 1.165) is 0 Å². The van der Waals surface area contributed by atoms with Crippen LogP contribution in [0.1, 0.15) is 0 Å². The minimum Gasteiger partial charge on any atom is -0.231 e. The molecule has 0 amide bonds. The first kappa shape index (κ1) is 6.71. The quantitative estimate of drug-likeness (QED) is 0.571. The van der Waals surface area contributed by atoms with Crippen molar-refractivity contribution in [3.8, 4) is 11.4 Å². The Labute approximate surface area is 67.7 Å². The maximum absolute atomic E-state index is 3.95. The smallest absolute Gasteiger partial charge is 0.138 e. The van der Waals surface area contributed by atoms with Gasteiger partial charge in [0.05, 0.1) is 12.4 Å². The SMILES string of the molecule is c1nncc(-c2cnncn2)n1. The summed E-state index contributed by atoms with van der Waals surface area (Å²) in [6.45, 7) is 0. The molecular weight excluding hydrogens is 156 g/mol. The lowest BCUT2D eigenvalue weighted by Crippen LogP contribution is -1.91. The summed E-state index contributed by atoms with van der Waals surface area (Å²) in [7, 11) is 0. The average Bonchev–Trinajstić information content (AvgIpc) is 2.21. The zero-order chi connectivity index (χ0) is 8.23. The van der Waals surface area contributed by atoms with Gasteiger partial charge in [0.25, 0.3) is 0 Å². The van der Waals surface area contributed by atoms with Gasteiger partial charge in [-0.3, -0.25) is 0 Å². The zero-order valence-electron chi connectivity index (χ0n) is 5.99. The van der Waals surface area contributed by atoms with Gasteiger partial charge in [-0.2, -0.15) is 10.2 Å². The van der Waals surface area contributed by atoms with Crippen molar-refractivity contribution in [2.45, 2.75) is 0 Å². The van der Waals surface area contributed by atoms with Crippen molar-refractivity contribution in [2.75, 3.05) is 0 Å². The Kier molecular flexibility index (Phi) is 1.65. The zero-order valence-corrected chi connectivity index (χ0v) is 5.99. The van der Waals surface area contributed by atoms with Crippen molar-refractivity contribution in [3.05, 3.63) is 25.0 Å². The van der Waals surface area contributed by atoms with Gasteiger partial charge in [0, 0.05) is 0 Å². The van der Waals surface area contributed by atoms with Gasteiger partial charge in [0.2, 0.25) is 0 Å². The van der Waals surface area contributed by atoms with Gasteiger partial charge in [-0.25, -0.2) is 9.97 Å².